The first-order chi connectivity index (χ1) is 16.3. The highest BCUT2D eigenvalue weighted by atomic mass is 16.5. The first kappa shape index (κ1) is 23.6. The van der Waals surface area contributed by atoms with Crippen LogP contribution in [0.15, 0.2) is 35.9 Å². The fourth-order valence-corrected chi connectivity index (χ4v) is 8.13. The predicted molar refractivity (Wildman–Crippen MR) is 136 cm³/mol. The van der Waals surface area contributed by atoms with Crippen molar-refractivity contribution in [2.24, 2.45) is 29.1 Å². The molecule has 3 fully saturated rings. The Morgan fingerprint density at radius 3 is 2.59 bits per heavy atom. The molecule has 1 aromatic rings. The van der Waals surface area contributed by atoms with E-state index in [4.69, 9.17) is 4.74 Å². The van der Waals surface area contributed by atoms with Gasteiger partial charge < -0.3 is 14.7 Å². The molecule has 0 aromatic heterocycles. The Bertz CT molecular complexity index is 1030. The lowest BCUT2D eigenvalue weighted by Gasteiger charge is -2.58. The number of hydrogen-bond donors (Lipinski definition) is 1. The summed E-state index contributed by atoms with van der Waals surface area (Å²) in [4.78, 5) is 14.4. The molecule has 3 saturated carbocycles. The second-order valence-electron chi connectivity index (χ2n) is 11.6. The fourth-order valence-electron chi connectivity index (χ4n) is 8.13. The number of hydrogen-bond acceptors (Lipinski definition) is 4. The average molecular weight is 462 g/mol. The highest BCUT2D eigenvalue weighted by Crippen LogP contribution is 2.68. The van der Waals surface area contributed by atoms with Crippen LogP contribution in [0.5, 0.6) is 0 Å². The Morgan fingerprint density at radius 1 is 1.12 bits per heavy atom. The first-order valence-corrected chi connectivity index (χ1v) is 13.0. The standard InChI is InChI=1S/C30H39NO3/c1-29-19-26(20-6-9-22(10-7-20)31(2)3)28-24-13-11-23(32)18-21(24)8-12-25(28)27(29)14-16-30(29,33)15-5-17-34-4/h6-7,9-10,18,24-28,33H,8,11-14,16-17,19H2,1-4H3/t24-,25-,26+,27-,28+,29-,30-/m0/s1. The summed E-state index contributed by atoms with van der Waals surface area (Å²) in [6.07, 6.45) is 8.51. The molecule has 0 saturated heterocycles. The monoisotopic (exact) mass is 461 g/mol. The molecule has 182 valence electrons. The largest absolute Gasteiger partial charge is 0.378 e. The number of rotatable bonds is 3. The normalized spacial score (nSPS) is 38.7. The number of ketones is 1. The zero-order valence-corrected chi connectivity index (χ0v) is 21.1. The summed E-state index contributed by atoms with van der Waals surface area (Å²) in [5, 5.41) is 11.9. The molecule has 0 unspecified atom stereocenters. The van der Waals surface area contributed by atoms with Crippen LogP contribution in [0.3, 0.4) is 0 Å². The van der Waals surface area contributed by atoms with E-state index in [0.717, 1.165) is 38.5 Å². The van der Waals surface area contributed by atoms with E-state index in [0.29, 0.717) is 48.4 Å². The molecule has 4 nitrogen and oxygen atoms in total. The van der Waals surface area contributed by atoms with Crippen molar-refractivity contribution in [3.05, 3.63) is 41.5 Å². The van der Waals surface area contributed by atoms with Crippen LogP contribution in [0.4, 0.5) is 5.69 Å². The molecule has 0 amide bonds. The third kappa shape index (κ3) is 3.73. The Balaban J connectivity index is 1.58. The van der Waals surface area contributed by atoms with Crippen molar-refractivity contribution in [1.29, 1.82) is 0 Å². The number of aliphatic hydroxyl groups is 1. The molecule has 1 N–H and O–H groups in total. The molecule has 4 aliphatic carbocycles. The minimum Gasteiger partial charge on any atom is -0.378 e. The zero-order chi connectivity index (χ0) is 24.1. The SMILES string of the molecule is COCC#C[C@]1(O)CC[C@H]2[C@@H]3CCC4=CC(=O)CC[C@@H]4[C@H]3[C@@H](c3ccc(N(C)C)cc3)C[C@@]21C. The number of benzene rings is 1. The van der Waals surface area contributed by atoms with E-state index in [9.17, 15) is 9.90 Å². The fraction of sp³-hybridized carbons (Fsp3) is 0.633. The van der Waals surface area contributed by atoms with Gasteiger partial charge in [-0.15, -0.1) is 0 Å². The van der Waals surface area contributed by atoms with Crippen molar-refractivity contribution in [2.75, 3.05) is 32.7 Å². The molecule has 4 heteroatoms. The molecular weight excluding hydrogens is 422 g/mol. The minimum atomic E-state index is -0.971. The van der Waals surface area contributed by atoms with Gasteiger partial charge in [-0.2, -0.15) is 0 Å². The van der Waals surface area contributed by atoms with Crippen molar-refractivity contribution >= 4 is 11.5 Å². The number of anilines is 1. The van der Waals surface area contributed by atoms with E-state index < -0.39 is 5.60 Å². The summed E-state index contributed by atoms with van der Waals surface area (Å²) in [6, 6.07) is 9.05. The maximum Gasteiger partial charge on any atom is 0.155 e. The van der Waals surface area contributed by atoms with Crippen LogP contribution < -0.4 is 4.90 Å². The third-order valence-electron chi connectivity index (χ3n) is 9.80. The number of nitrogens with zero attached hydrogens (tertiary/aromatic N) is 1. The maximum atomic E-state index is 12.2. The van der Waals surface area contributed by atoms with Crippen molar-refractivity contribution < 1.29 is 14.6 Å². The van der Waals surface area contributed by atoms with Crippen LogP contribution in [-0.4, -0.2) is 44.3 Å². The van der Waals surface area contributed by atoms with Gasteiger partial charge in [-0.1, -0.05) is 36.5 Å². The number of allylic oxidation sites excluding steroid dienone is 1. The topological polar surface area (TPSA) is 49.8 Å². The number of ether oxygens (including phenoxy) is 1. The van der Waals surface area contributed by atoms with Gasteiger partial charge in [0.1, 0.15) is 12.2 Å². The van der Waals surface area contributed by atoms with E-state index in [1.165, 1.54) is 16.8 Å². The molecular formula is C30H39NO3. The van der Waals surface area contributed by atoms with E-state index in [-0.39, 0.29) is 5.41 Å². The third-order valence-corrected chi connectivity index (χ3v) is 9.80. The second kappa shape index (κ2) is 8.85. The highest BCUT2D eigenvalue weighted by Gasteiger charge is 2.64. The Kier molecular flexibility index (Phi) is 6.15. The van der Waals surface area contributed by atoms with E-state index in [1.807, 2.05) is 6.08 Å². The number of methoxy groups -OCH3 is 1. The molecule has 5 rings (SSSR count). The van der Waals surface area contributed by atoms with Gasteiger partial charge in [0, 0.05) is 38.7 Å². The first-order valence-electron chi connectivity index (χ1n) is 13.0. The summed E-state index contributed by atoms with van der Waals surface area (Å²) in [6.45, 7) is 2.66. The molecule has 1 aromatic carbocycles. The summed E-state index contributed by atoms with van der Waals surface area (Å²) in [5.41, 5.74) is 2.75. The Morgan fingerprint density at radius 2 is 1.88 bits per heavy atom. The highest BCUT2D eigenvalue weighted by molar-refractivity contribution is 5.91. The van der Waals surface area contributed by atoms with Crippen LogP contribution in [0, 0.1) is 40.9 Å². The van der Waals surface area contributed by atoms with E-state index in [1.54, 1.807) is 7.11 Å². The van der Waals surface area contributed by atoms with Gasteiger partial charge in [0.05, 0.1) is 0 Å². The number of carbonyl (C=O) groups is 1. The lowest BCUT2D eigenvalue weighted by atomic mass is 9.46. The summed E-state index contributed by atoms with van der Waals surface area (Å²) >= 11 is 0. The van der Waals surface area contributed by atoms with E-state index >= 15 is 0 Å². The lowest BCUT2D eigenvalue weighted by Crippen LogP contribution is -2.54. The molecule has 7 atom stereocenters. The van der Waals surface area contributed by atoms with Gasteiger partial charge in [0.2, 0.25) is 0 Å². The maximum absolute atomic E-state index is 12.2. The van der Waals surface area contributed by atoms with Crippen LogP contribution in [0.2, 0.25) is 0 Å². The van der Waals surface area contributed by atoms with Crippen LogP contribution in [0.25, 0.3) is 0 Å². The summed E-state index contributed by atoms with van der Waals surface area (Å²) < 4.78 is 5.17. The second-order valence-corrected chi connectivity index (χ2v) is 11.6. The molecule has 0 radical (unpaired) electrons. The van der Waals surface area contributed by atoms with Gasteiger partial charge >= 0.3 is 0 Å². The molecule has 0 spiro atoms. The van der Waals surface area contributed by atoms with Crippen LogP contribution in [0.1, 0.15) is 63.4 Å². The lowest BCUT2D eigenvalue weighted by molar-refractivity contribution is -0.117. The molecule has 0 aliphatic heterocycles. The number of carbonyl (C=O) groups excluding carboxylic acids is 1. The Labute approximate surface area is 204 Å². The van der Waals surface area contributed by atoms with Crippen molar-refractivity contribution in [2.45, 2.75) is 63.4 Å². The van der Waals surface area contributed by atoms with Crippen molar-refractivity contribution in [3.63, 3.8) is 0 Å². The van der Waals surface area contributed by atoms with Gasteiger partial charge in [-0.3, -0.25) is 4.79 Å². The Hall–Kier alpha value is -2.09. The van der Waals surface area contributed by atoms with Crippen molar-refractivity contribution in [1.82, 2.24) is 0 Å². The molecule has 0 bridgehead atoms. The molecule has 4 aliphatic rings. The van der Waals surface area contributed by atoms with Crippen LogP contribution in [-0.2, 0) is 9.53 Å². The van der Waals surface area contributed by atoms with E-state index in [2.05, 4.69) is 62.0 Å². The minimum absolute atomic E-state index is 0.245. The average Bonchev–Trinajstić information content (AvgIpc) is 3.09. The van der Waals surface area contributed by atoms with Crippen molar-refractivity contribution in [3.8, 4) is 11.8 Å². The summed E-state index contributed by atoms with van der Waals surface area (Å²) in [5.74, 6) is 9.09. The van der Waals surface area contributed by atoms with Crippen LogP contribution >= 0.6 is 0 Å². The quantitative estimate of drug-likeness (QED) is 0.646. The molecule has 0 heterocycles. The van der Waals surface area contributed by atoms with Gasteiger partial charge in [-0.25, -0.2) is 0 Å². The number of fused-ring (bicyclic) bond motifs is 5. The van der Waals surface area contributed by atoms with Gasteiger partial charge in [0.25, 0.3) is 0 Å². The van der Waals surface area contributed by atoms with Gasteiger partial charge in [-0.05, 0) is 91.9 Å². The zero-order valence-electron chi connectivity index (χ0n) is 21.1. The van der Waals surface area contributed by atoms with Gasteiger partial charge in [0.15, 0.2) is 5.78 Å². The smallest absolute Gasteiger partial charge is 0.155 e. The predicted octanol–water partition coefficient (Wildman–Crippen LogP) is 4.97. The summed E-state index contributed by atoms with van der Waals surface area (Å²) in [7, 11) is 5.80. The molecule has 34 heavy (non-hydrogen) atoms.